The van der Waals surface area contributed by atoms with Crippen LogP contribution in [0.4, 0.5) is 4.39 Å². The lowest BCUT2D eigenvalue weighted by Gasteiger charge is -2.32. The molecule has 0 aliphatic carbocycles. The van der Waals surface area contributed by atoms with E-state index >= 15 is 0 Å². The Balaban J connectivity index is 2.45. The quantitative estimate of drug-likeness (QED) is 0.365. The predicted molar refractivity (Wildman–Crippen MR) is 149 cm³/mol. The van der Waals surface area contributed by atoms with Gasteiger partial charge in [-0.2, -0.15) is 0 Å². The number of hydrogen-bond acceptors (Lipinski definition) is 0. The van der Waals surface area contributed by atoms with Crippen molar-refractivity contribution in [3.05, 3.63) is 68.5 Å². The van der Waals surface area contributed by atoms with E-state index < -0.39 is 0 Å². The van der Waals surface area contributed by atoms with Gasteiger partial charge in [-0.1, -0.05) is 94.7 Å². The summed E-state index contributed by atoms with van der Waals surface area (Å²) in [5.74, 6) is 1.27. The van der Waals surface area contributed by atoms with Crippen LogP contribution < -0.4 is 0 Å². The maximum atomic E-state index is 14.7. The van der Waals surface area contributed by atoms with E-state index in [1.54, 1.807) is 12.1 Å². The van der Waals surface area contributed by atoms with Gasteiger partial charge in [0.1, 0.15) is 5.82 Å². The molecule has 190 valence electrons. The van der Waals surface area contributed by atoms with E-state index in [-0.39, 0.29) is 22.6 Å². The average Bonchev–Trinajstić information content (AvgIpc) is 2.68. The van der Waals surface area contributed by atoms with E-state index in [0.717, 1.165) is 23.4 Å². The third-order valence-corrected chi connectivity index (χ3v) is 7.39. The minimum absolute atomic E-state index is 0.0267. The first kappa shape index (κ1) is 28.9. The molecule has 2 heteroatoms. The van der Waals surface area contributed by atoms with Crippen LogP contribution in [0, 0.1) is 5.82 Å². The molecule has 2 aromatic rings. The Labute approximate surface area is 214 Å². The van der Waals surface area contributed by atoms with Crippen LogP contribution in [0.15, 0.2) is 24.3 Å². The molecule has 2 unspecified atom stereocenters. The van der Waals surface area contributed by atoms with E-state index in [2.05, 4.69) is 95.2 Å². The molecule has 0 bridgehead atoms. The molecular formula is C32H48ClF. The Morgan fingerprint density at radius 2 is 0.941 bits per heavy atom. The van der Waals surface area contributed by atoms with Gasteiger partial charge in [0.25, 0.3) is 0 Å². The fourth-order valence-corrected chi connectivity index (χ4v) is 5.77. The Morgan fingerprint density at radius 3 is 1.32 bits per heavy atom. The molecule has 2 aromatic carbocycles. The fourth-order valence-electron chi connectivity index (χ4n) is 5.53. The lowest BCUT2D eigenvalue weighted by Crippen LogP contribution is -2.20. The van der Waals surface area contributed by atoms with E-state index in [1.165, 1.54) is 27.8 Å². The van der Waals surface area contributed by atoms with Crippen molar-refractivity contribution < 1.29 is 4.39 Å². The number of halogens is 2. The van der Waals surface area contributed by atoms with Gasteiger partial charge in [0.2, 0.25) is 0 Å². The summed E-state index contributed by atoms with van der Waals surface area (Å²) in [7, 11) is 0. The smallest absolute Gasteiger partial charge is 0.123 e. The van der Waals surface area contributed by atoms with Crippen molar-refractivity contribution in [2.75, 3.05) is 0 Å². The average molecular weight is 487 g/mol. The first-order valence-corrected chi connectivity index (χ1v) is 13.5. The molecule has 0 aliphatic rings. The van der Waals surface area contributed by atoms with Gasteiger partial charge in [-0.25, -0.2) is 4.39 Å². The summed E-state index contributed by atoms with van der Waals surface area (Å²) in [6, 6.07) is 7.88. The number of rotatable bonds is 7. The molecule has 34 heavy (non-hydrogen) atoms. The third-order valence-electron chi connectivity index (χ3n) is 7.17. The van der Waals surface area contributed by atoms with Gasteiger partial charge in [-0.15, -0.1) is 0 Å². The minimum atomic E-state index is -0.113. The summed E-state index contributed by atoms with van der Waals surface area (Å²) in [4.78, 5) is 0. The van der Waals surface area contributed by atoms with Gasteiger partial charge in [-0.05, 0) is 105 Å². The van der Waals surface area contributed by atoms with E-state index in [0.29, 0.717) is 17.8 Å². The second-order valence-electron chi connectivity index (χ2n) is 13.1. The van der Waals surface area contributed by atoms with Crippen molar-refractivity contribution in [3.63, 3.8) is 0 Å². The highest BCUT2D eigenvalue weighted by molar-refractivity contribution is 6.30. The van der Waals surface area contributed by atoms with Gasteiger partial charge in [-0.3, -0.25) is 0 Å². The highest BCUT2D eigenvalue weighted by Gasteiger charge is 2.29. The van der Waals surface area contributed by atoms with Gasteiger partial charge in [0.15, 0.2) is 0 Å². The van der Waals surface area contributed by atoms with Crippen molar-refractivity contribution >= 4 is 11.6 Å². The maximum Gasteiger partial charge on any atom is 0.123 e. The molecule has 0 fully saturated rings. The van der Waals surface area contributed by atoms with Crippen LogP contribution in [0.3, 0.4) is 0 Å². The van der Waals surface area contributed by atoms with Crippen LogP contribution in [0.1, 0.15) is 153 Å². The lowest BCUT2D eigenvalue weighted by atomic mass is 9.73. The van der Waals surface area contributed by atoms with Crippen LogP contribution in [0.25, 0.3) is 0 Å². The fraction of sp³-hybridized carbons (Fsp3) is 0.625. The highest BCUT2D eigenvalue weighted by Crippen LogP contribution is 2.42. The van der Waals surface area contributed by atoms with Crippen molar-refractivity contribution in [3.8, 4) is 0 Å². The molecule has 0 amide bonds. The van der Waals surface area contributed by atoms with Gasteiger partial charge < -0.3 is 0 Å². The molecule has 0 radical (unpaired) electrons. The molecule has 0 saturated heterocycles. The van der Waals surface area contributed by atoms with Crippen LogP contribution >= 0.6 is 11.6 Å². The molecule has 0 aromatic heterocycles. The molecule has 2 rings (SSSR count). The molecule has 0 heterocycles. The minimum Gasteiger partial charge on any atom is -0.207 e. The topological polar surface area (TPSA) is 0 Å². The predicted octanol–water partition coefficient (Wildman–Crippen LogP) is 11.0. The zero-order chi connectivity index (χ0) is 26.2. The Morgan fingerprint density at radius 1 is 0.618 bits per heavy atom. The summed E-state index contributed by atoms with van der Waals surface area (Å²) < 4.78 is 14.7. The normalized spacial score (nSPS) is 14.7. The molecule has 0 aliphatic heterocycles. The van der Waals surface area contributed by atoms with E-state index in [1.807, 2.05) is 0 Å². The Hall–Kier alpha value is -1.34. The number of benzene rings is 2. The maximum absolute atomic E-state index is 14.7. The molecule has 0 N–H and O–H groups in total. The van der Waals surface area contributed by atoms with Crippen LogP contribution in [0.5, 0.6) is 0 Å². The third kappa shape index (κ3) is 6.66. The highest BCUT2D eigenvalue weighted by atomic mass is 35.5. The summed E-state index contributed by atoms with van der Waals surface area (Å²) >= 11 is 6.61. The largest absolute Gasteiger partial charge is 0.207 e. The Kier molecular flexibility index (Phi) is 9.12. The summed E-state index contributed by atoms with van der Waals surface area (Å²) in [6.07, 6.45) is 2.05. The SMILES string of the molecule is CC(C)c1cc(F)cc(C(C)CCC(C)c2cc(Cl)cc(C(C)C)c2C(C)(C)C)c1C(C)(C)C. The zero-order valence-corrected chi connectivity index (χ0v) is 24.5. The van der Waals surface area contributed by atoms with Crippen LogP contribution in [0.2, 0.25) is 5.02 Å². The van der Waals surface area contributed by atoms with Crippen LogP contribution in [-0.2, 0) is 10.8 Å². The van der Waals surface area contributed by atoms with Crippen molar-refractivity contribution in [2.24, 2.45) is 0 Å². The van der Waals surface area contributed by atoms with Crippen molar-refractivity contribution in [2.45, 2.75) is 130 Å². The molecular weight excluding hydrogens is 439 g/mol. The summed E-state index contributed by atoms with van der Waals surface area (Å²) in [5.41, 5.74) is 7.83. The molecule has 0 nitrogen and oxygen atoms in total. The standard InChI is InChI=1S/C32H48ClF/c1-19(2)25-15-23(33)16-27(29(25)31(7,8)9)21(5)13-14-22(6)28-18-24(34)17-26(20(3)4)30(28)32(10,11)12/h15-22H,13-14H2,1-12H3. The second kappa shape index (κ2) is 10.7. The molecule has 2 atom stereocenters. The molecule has 0 saturated carbocycles. The van der Waals surface area contributed by atoms with Gasteiger partial charge in [0.05, 0.1) is 0 Å². The zero-order valence-electron chi connectivity index (χ0n) is 23.8. The second-order valence-corrected chi connectivity index (χ2v) is 13.5. The van der Waals surface area contributed by atoms with Crippen molar-refractivity contribution in [1.29, 1.82) is 0 Å². The summed E-state index contributed by atoms with van der Waals surface area (Å²) in [6.45, 7) is 27.1. The first-order chi connectivity index (χ1) is 15.4. The van der Waals surface area contributed by atoms with Crippen LogP contribution in [-0.4, -0.2) is 0 Å². The van der Waals surface area contributed by atoms with Crippen molar-refractivity contribution in [1.82, 2.24) is 0 Å². The lowest BCUT2D eigenvalue weighted by molar-refractivity contribution is 0.516. The van der Waals surface area contributed by atoms with Gasteiger partial charge in [0, 0.05) is 5.02 Å². The molecule has 0 spiro atoms. The number of hydrogen-bond donors (Lipinski definition) is 0. The van der Waals surface area contributed by atoms with E-state index in [9.17, 15) is 4.39 Å². The van der Waals surface area contributed by atoms with Gasteiger partial charge >= 0.3 is 0 Å². The Bertz CT molecular complexity index is 904. The monoisotopic (exact) mass is 486 g/mol. The van der Waals surface area contributed by atoms with E-state index in [4.69, 9.17) is 11.6 Å². The summed E-state index contributed by atoms with van der Waals surface area (Å²) in [5, 5.41) is 0.827. The first-order valence-electron chi connectivity index (χ1n) is 13.1.